The fraction of sp³-hybridized carbons (Fsp3) is 0.371. The van der Waals surface area contributed by atoms with Crippen LogP contribution in [0.1, 0.15) is 243 Å². The lowest BCUT2D eigenvalue weighted by molar-refractivity contribution is 0.590. The first kappa shape index (κ1) is 70.0. The molecule has 4 aromatic heterocycles. The average molecular weight is 1340 g/mol. The van der Waals surface area contributed by atoms with Crippen LogP contribution in [0, 0.1) is 11.3 Å². The number of nitrogens with zero attached hydrogens (tertiary/aromatic N) is 5. The van der Waals surface area contributed by atoms with Gasteiger partial charge in [-0.2, -0.15) is 5.26 Å². The molecule has 14 aromatic rings. The Morgan fingerprint density at radius 3 is 0.520 bits per heavy atom. The molecule has 522 valence electrons. The zero-order valence-corrected chi connectivity index (χ0v) is 66.4. The third-order valence-electron chi connectivity index (χ3n) is 22.4. The molecule has 5 nitrogen and oxygen atoms in total. The maximum atomic E-state index is 13.8. The number of nitriles is 1. The molecule has 0 radical (unpaired) electrons. The summed E-state index contributed by atoms with van der Waals surface area (Å²) in [5.41, 5.74) is 24.4. The van der Waals surface area contributed by atoms with Crippen LogP contribution in [-0.2, 0) is 48.7 Å². The Balaban J connectivity index is 1.38. The van der Waals surface area contributed by atoms with Crippen molar-refractivity contribution in [3.05, 3.63) is 225 Å². The van der Waals surface area contributed by atoms with Gasteiger partial charge in [0.2, 0.25) is 0 Å². The molecule has 0 saturated heterocycles. The predicted molar refractivity (Wildman–Crippen MR) is 442 cm³/mol. The molecule has 0 amide bonds. The van der Waals surface area contributed by atoms with Gasteiger partial charge in [0.15, 0.2) is 0 Å². The normalized spacial score (nSPS) is 13.6. The summed E-state index contributed by atoms with van der Waals surface area (Å²) >= 11 is 0. The average Bonchev–Trinajstić information content (AvgIpc) is 1.46. The van der Waals surface area contributed by atoms with Gasteiger partial charge >= 0.3 is 0 Å². The highest BCUT2D eigenvalue weighted by atomic mass is 15.1. The Hall–Kier alpha value is -9.11. The number of rotatable bonds is 5. The molecule has 0 N–H and O–H groups in total. The zero-order valence-electron chi connectivity index (χ0n) is 66.4. The number of fused-ring (bicyclic) bond motifs is 12. The first-order chi connectivity index (χ1) is 47.2. The van der Waals surface area contributed by atoms with E-state index in [0.717, 1.165) is 99.6 Å². The molecule has 0 spiro atoms. The van der Waals surface area contributed by atoms with Gasteiger partial charge in [-0.3, -0.25) is 0 Å². The van der Waals surface area contributed by atoms with Crippen molar-refractivity contribution in [2.75, 3.05) is 0 Å². The molecule has 0 unspecified atom stereocenters. The van der Waals surface area contributed by atoms with E-state index in [0.29, 0.717) is 5.56 Å². The summed E-state index contributed by atoms with van der Waals surface area (Å²) in [6, 6.07) is 70.5. The number of hydrogen-bond donors (Lipinski definition) is 0. The maximum absolute atomic E-state index is 13.8. The molecular weight excluding hydrogens is 1240 g/mol. The Bertz CT molecular complexity index is 5230. The fourth-order valence-corrected chi connectivity index (χ4v) is 15.9. The van der Waals surface area contributed by atoms with Crippen LogP contribution in [-0.4, -0.2) is 18.3 Å². The number of aromatic nitrogens is 4. The summed E-state index contributed by atoms with van der Waals surface area (Å²) in [5.74, 6) is 0. The summed E-state index contributed by atoms with van der Waals surface area (Å²) in [7, 11) is 0. The smallest absolute Gasteiger partial charge is 0.104 e. The van der Waals surface area contributed by atoms with E-state index in [2.05, 4.69) is 381 Å². The standard InChI is InChI=1S/C97H109N5/c1-89(2,3)58-30-28-57(29-31-58)84-87(101-80-44-36-63(94(16,17)18)52-71(80)72-53-64(95(19,20)21)37-45-81(72)101)85(99-76-40-32-59(90(4,5)6)48-67(76)68-49-60(91(7,8)9)33-41-77(68)99)75(56-98)86(100-78-42-34-61(92(10,11)12)50-69(78)70-51-62(93(13,14)15)35-43-79(70)100)88(84)102-82-46-38-65(96(22,23)24)54-73(82)74-55-66(97(25,26)27)39-47-83(74)102/h28-55H,1-27H3. The second kappa shape index (κ2) is 22.9. The Morgan fingerprint density at radius 1 is 0.206 bits per heavy atom. The van der Waals surface area contributed by atoms with Crippen molar-refractivity contribution < 1.29 is 0 Å². The van der Waals surface area contributed by atoms with E-state index in [-0.39, 0.29) is 48.7 Å². The highest BCUT2D eigenvalue weighted by molar-refractivity contribution is 6.18. The van der Waals surface area contributed by atoms with Crippen molar-refractivity contribution in [3.8, 4) is 39.9 Å². The molecule has 5 heteroatoms. The second-order valence-electron chi connectivity index (χ2n) is 39.3. The first-order valence-corrected chi connectivity index (χ1v) is 37.4. The van der Waals surface area contributed by atoms with Crippen LogP contribution in [0.5, 0.6) is 0 Å². The molecule has 0 aliphatic heterocycles. The van der Waals surface area contributed by atoms with Crippen LogP contribution < -0.4 is 0 Å². The van der Waals surface area contributed by atoms with E-state index in [1.807, 2.05) is 0 Å². The molecule has 14 rings (SSSR count). The highest BCUT2D eigenvalue weighted by Gasteiger charge is 2.38. The van der Waals surface area contributed by atoms with Gasteiger partial charge in [-0.1, -0.05) is 260 Å². The Morgan fingerprint density at radius 2 is 0.363 bits per heavy atom. The second-order valence-corrected chi connectivity index (χ2v) is 39.3. The Kier molecular flexibility index (Phi) is 15.7. The topological polar surface area (TPSA) is 43.5 Å². The maximum Gasteiger partial charge on any atom is 0.104 e. The van der Waals surface area contributed by atoms with Crippen LogP contribution in [0.2, 0.25) is 0 Å². The van der Waals surface area contributed by atoms with Gasteiger partial charge in [0.1, 0.15) is 11.6 Å². The number of hydrogen-bond acceptors (Lipinski definition) is 1. The van der Waals surface area contributed by atoms with E-state index >= 15 is 0 Å². The zero-order chi connectivity index (χ0) is 73.8. The molecule has 4 heterocycles. The van der Waals surface area contributed by atoms with E-state index in [4.69, 9.17) is 0 Å². The third-order valence-corrected chi connectivity index (χ3v) is 22.4. The summed E-state index contributed by atoms with van der Waals surface area (Å²) < 4.78 is 10.3. The van der Waals surface area contributed by atoms with Crippen molar-refractivity contribution in [2.45, 2.75) is 236 Å². The molecule has 0 saturated carbocycles. The van der Waals surface area contributed by atoms with Gasteiger partial charge in [0.05, 0.1) is 66.9 Å². The minimum Gasteiger partial charge on any atom is -0.306 e. The van der Waals surface area contributed by atoms with Crippen LogP contribution >= 0.6 is 0 Å². The minimum atomic E-state index is -0.158. The van der Waals surface area contributed by atoms with Gasteiger partial charge < -0.3 is 18.3 Å². The van der Waals surface area contributed by atoms with Crippen molar-refractivity contribution >= 4 is 87.2 Å². The van der Waals surface area contributed by atoms with Crippen LogP contribution in [0.3, 0.4) is 0 Å². The highest BCUT2D eigenvalue weighted by Crippen LogP contribution is 2.54. The summed E-state index contributed by atoms with van der Waals surface area (Å²) in [6.45, 7) is 62.8. The third kappa shape index (κ3) is 11.5. The lowest BCUT2D eigenvalue weighted by Gasteiger charge is -2.30. The molecule has 0 bridgehead atoms. The molecule has 0 fully saturated rings. The van der Waals surface area contributed by atoms with Crippen LogP contribution in [0.4, 0.5) is 0 Å². The molecule has 0 atom stereocenters. The number of benzene rings is 10. The Labute approximate surface area is 608 Å². The van der Waals surface area contributed by atoms with Crippen molar-refractivity contribution in [3.63, 3.8) is 0 Å². The van der Waals surface area contributed by atoms with Gasteiger partial charge in [-0.15, -0.1) is 0 Å². The molecule has 0 aliphatic rings. The van der Waals surface area contributed by atoms with E-state index in [1.165, 1.54) is 71.6 Å². The van der Waals surface area contributed by atoms with Crippen molar-refractivity contribution in [1.29, 1.82) is 5.26 Å². The minimum absolute atomic E-state index is 0.154. The molecular formula is C97H109N5. The van der Waals surface area contributed by atoms with Gasteiger partial charge in [0.25, 0.3) is 0 Å². The van der Waals surface area contributed by atoms with Gasteiger partial charge in [-0.05, 0) is 201 Å². The van der Waals surface area contributed by atoms with E-state index in [1.54, 1.807) is 0 Å². The first-order valence-electron chi connectivity index (χ1n) is 37.4. The molecule has 0 aliphatic carbocycles. The fourth-order valence-electron chi connectivity index (χ4n) is 15.9. The quantitative estimate of drug-likeness (QED) is 0.169. The lowest BCUT2D eigenvalue weighted by Crippen LogP contribution is -2.17. The van der Waals surface area contributed by atoms with Crippen molar-refractivity contribution in [2.24, 2.45) is 0 Å². The summed E-state index contributed by atoms with van der Waals surface area (Å²) in [5, 5.41) is 23.1. The monoisotopic (exact) mass is 1340 g/mol. The largest absolute Gasteiger partial charge is 0.306 e. The summed E-state index contributed by atoms with van der Waals surface area (Å²) in [6.07, 6.45) is 0. The predicted octanol–water partition coefficient (Wildman–Crippen LogP) is 27.3. The van der Waals surface area contributed by atoms with Gasteiger partial charge in [0, 0.05) is 48.7 Å². The van der Waals surface area contributed by atoms with E-state index < -0.39 is 0 Å². The van der Waals surface area contributed by atoms with Crippen molar-refractivity contribution in [1.82, 2.24) is 18.3 Å². The van der Waals surface area contributed by atoms with Crippen LogP contribution in [0.15, 0.2) is 170 Å². The molecule has 102 heavy (non-hydrogen) atoms. The lowest BCUT2D eigenvalue weighted by atomic mass is 9.85. The van der Waals surface area contributed by atoms with E-state index in [9.17, 15) is 5.26 Å². The molecule has 10 aromatic carbocycles. The van der Waals surface area contributed by atoms with Gasteiger partial charge in [-0.25, -0.2) is 0 Å². The summed E-state index contributed by atoms with van der Waals surface area (Å²) in [4.78, 5) is 0. The SMILES string of the molecule is CC(C)(C)c1ccc(-c2c(-n3c4ccc(C(C)(C)C)cc4c4cc(C(C)(C)C)ccc43)c(-n3c4ccc(C(C)(C)C)cc4c4cc(C(C)(C)C)ccc43)c(C#N)c(-n3c4ccc(C(C)(C)C)cc4c4cc(C(C)(C)C)ccc43)c2-n2c3ccc(C(C)(C)C)cc3c3cc(C(C)(C)C)ccc32)cc1. The van der Waals surface area contributed by atoms with Crippen LogP contribution in [0.25, 0.3) is 121 Å².